The SMILES string of the molecule is COc1cccc2c1C1(CCN(C(=O)c3cnc(Nc4ccccc4)nc3)CC1)OCC2. The molecular weight excluding hydrogens is 404 g/mol. The van der Waals surface area contributed by atoms with Crippen LogP contribution < -0.4 is 10.1 Å². The lowest BCUT2D eigenvalue weighted by atomic mass is 9.78. The number of hydrogen-bond donors (Lipinski definition) is 1. The fourth-order valence-electron chi connectivity index (χ4n) is 4.70. The first-order valence-electron chi connectivity index (χ1n) is 10.9. The molecule has 32 heavy (non-hydrogen) atoms. The topological polar surface area (TPSA) is 76.6 Å². The largest absolute Gasteiger partial charge is 0.496 e. The minimum absolute atomic E-state index is 0.0535. The second-order valence-electron chi connectivity index (χ2n) is 8.17. The van der Waals surface area contributed by atoms with Crippen molar-refractivity contribution in [1.29, 1.82) is 0 Å². The molecule has 1 amide bonds. The van der Waals surface area contributed by atoms with Gasteiger partial charge in [-0.2, -0.15) is 0 Å². The van der Waals surface area contributed by atoms with Gasteiger partial charge in [0.2, 0.25) is 5.95 Å². The number of nitrogens with zero attached hydrogens (tertiary/aromatic N) is 3. The summed E-state index contributed by atoms with van der Waals surface area (Å²) in [5.41, 5.74) is 3.43. The third-order valence-corrected chi connectivity index (χ3v) is 6.32. The van der Waals surface area contributed by atoms with Crippen molar-refractivity contribution >= 4 is 17.5 Å². The highest BCUT2D eigenvalue weighted by Crippen LogP contribution is 2.45. The number of ether oxygens (including phenoxy) is 2. The van der Waals surface area contributed by atoms with Crippen LogP contribution in [0.2, 0.25) is 0 Å². The summed E-state index contributed by atoms with van der Waals surface area (Å²) in [5.74, 6) is 1.28. The average Bonchev–Trinajstić information content (AvgIpc) is 2.85. The first kappa shape index (κ1) is 20.5. The number of nitrogens with one attached hydrogen (secondary N) is 1. The van der Waals surface area contributed by atoms with Crippen molar-refractivity contribution in [2.45, 2.75) is 24.9 Å². The van der Waals surface area contributed by atoms with Gasteiger partial charge < -0.3 is 19.7 Å². The first-order valence-corrected chi connectivity index (χ1v) is 10.9. The molecule has 0 radical (unpaired) electrons. The number of piperidine rings is 1. The van der Waals surface area contributed by atoms with Gasteiger partial charge in [0.15, 0.2) is 0 Å². The van der Waals surface area contributed by atoms with E-state index in [0.717, 1.165) is 36.3 Å². The van der Waals surface area contributed by atoms with Crippen LogP contribution >= 0.6 is 0 Å². The van der Waals surface area contributed by atoms with Gasteiger partial charge in [0.05, 0.1) is 19.3 Å². The number of rotatable bonds is 4. The molecule has 7 nitrogen and oxygen atoms in total. The Bertz CT molecular complexity index is 1080. The van der Waals surface area contributed by atoms with Crippen LogP contribution in [0, 0.1) is 0 Å². The second-order valence-corrected chi connectivity index (χ2v) is 8.17. The van der Waals surface area contributed by atoms with Crippen LogP contribution in [0.15, 0.2) is 60.9 Å². The van der Waals surface area contributed by atoms with Crippen LogP contribution in [-0.4, -0.2) is 47.6 Å². The van der Waals surface area contributed by atoms with Gasteiger partial charge in [-0.15, -0.1) is 0 Å². The number of likely N-dealkylation sites (tertiary alicyclic amines) is 1. The molecule has 7 heteroatoms. The van der Waals surface area contributed by atoms with E-state index in [2.05, 4.69) is 21.4 Å². The maximum absolute atomic E-state index is 13.1. The molecule has 1 fully saturated rings. The first-order chi connectivity index (χ1) is 15.7. The van der Waals surface area contributed by atoms with Crippen LogP contribution in [0.5, 0.6) is 5.75 Å². The molecule has 1 aromatic heterocycles. The van der Waals surface area contributed by atoms with Gasteiger partial charge in [0, 0.05) is 36.7 Å². The predicted molar refractivity (Wildman–Crippen MR) is 121 cm³/mol. The highest BCUT2D eigenvalue weighted by atomic mass is 16.5. The summed E-state index contributed by atoms with van der Waals surface area (Å²) < 4.78 is 12.0. The Hall–Kier alpha value is -3.45. The maximum atomic E-state index is 13.1. The molecule has 0 bridgehead atoms. The number of methoxy groups -OCH3 is 1. The lowest BCUT2D eigenvalue weighted by Crippen LogP contribution is -2.48. The number of aromatic nitrogens is 2. The Labute approximate surface area is 187 Å². The molecule has 0 aliphatic carbocycles. The standard InChI is InChI=1S/C25H26N4O3/c1-31-21-9-5-6-18-10-15-32-25(22(18)21)11-13-29(14-12-25)23(30)19-16-26-24(27-17-19)28-20-7-3-2-4-8-20/h2-9,16-17H,10-15H2,1H3,(H,26,27,28). The number of carbonyl (C=O) groups is 1. The highest BCUT2D eigenvalue weighted by Gasteiger charge is 2.43. The molecule has 2 aliphatic heterocycles. The van der Waals surface area contributed by atoms with Crippen molar-refractivity contribution in [2.75, 3.05) is 32.1 Å². The molecule has 1 spiro atoms. The molecular formula is C25H26N4O3. The van der Waals surface area contributed by atoms with Gasteiger partial charge in [0.1, 0.15) is 11.4 Å². The lowest BCUT2D eigenvalue weighted by Gasteiger charge is -2.45. The van der Waals surface area contributed by atoms with Crippen molar-refractivity contribution in [3.05, 3.63) is 77.6 Å². The van der Waals surface area contributed by atoms with Crippen molar-refractivity contribution < 1.29 is 14.3 Å². The smallest absolute Gasteiger partial charge is 0.256 e. The minimum atomic E-state index is -0.392. The third kappa shape index (κ3) is 3.80. The molecule has 1 N–H and O–H groups in total. The molecule has 3 aromatic rings. The molecule has 0 unspecified atom stereocenters. The van der Waals surface area contributed by atoms with E-state index < -0.39 is 5.60 Å². The van der Waals surface area contributed by atoms with E-state index in [0.29, 0.717) is 31.2 Å². The van der Waals surface area contributed by atoms with Gasteiger partial charge >= 0.3 is 0 Å². The Morgan fingerprint density at radius 2 is 1.81 bits per heavy atom. The molecule has 0 atom stereocenters. The summed E-state index contributed by atoms with van der Waals surface area (Å²) >= 11 is 0. The molecule has 1 saturated heterocycles. The second kappa shape index (κ2) is 8.59. The maximum Gasteiger partial charge on any atom is 0.256 e. The number of hydrogen-bond acceptors (Lipinski definition) is 6. The summed E-state index contributed by atoms with van der Waals surface area (Å²) in [6.07, 6.45) is 5.53. The Morgan fingerprint density at radius 3 is 2.53 bits per heavy atom. The molecule has 2 aliphatic rings. The van der Waals surface area contributed by atoms with E-state index in [9.17, 15) is 4.79 Å². The van der Waals surface area contributed by atoms with E-state index in [-0.39, 0.29) is 5.91 Å². The number of para-hydroxylation sites is 1. The van der Waals surface area contributed by atoms with Gasteiger partial charge in [-0.3, -0.25) is 4.79 Å². The van der Waals surface area contributed by atoms with Gasteiger partial charge in [-0.25, -0.2) is 9.97 Å². The molecule has 5 rings (SSSR count). The van der Waals surface area contributed by atoms with Crippen LogP contribution in [0.25, 0.3) is 0 Å². The van der Waals surface area contributed by atoms with E-state index in [1.807, 2.05) is 47.4 Å². The van der Waals surface area contributed by atoms with Crippen LogP contribution in [0.3, 0.4) is 0 Å². The van der Waals surface area contributed by atoms with Gasteiger partial charge in [0.25, 0.3) is 5.91 Å². The number of fused-ring (bicyclic) bond motifs is 2. The molecule has 0 saturated carbocycles. The monoisotopic (exact) mass is 430 g/mol. The molecule has 2 aromatic carbocycles. The summed E-state index contributed by atoms with van der Waals surface area (Å²) in [5, 5.41) is 3.13. The van der Waals surface area contributed by atoms with Gasteiger partial charge in [-0.1, -0.05) is 30.3 Å². The predicted octanol–water partition coefficient (Wildman–Crippen LogP) is 3.93. The summed E-state index contributed by atoms with van der Waals surface area (Å²) in [6, 6.07) is 15.9. The van der Waals surface area contributed by atoms with Crippen LogP contribution in [0.1, 0.15) is 34.3 Å². The van der Waals surface area contributed by atoms with Crippen LogP contribution in [-0.2, 0) is 16.8 Å². The fraction of sp³-hybridized carbons (Fsp3) is 0.320. The number of benzene rings is 2. The van der Waals surface area contributed by atoms with Crippen molar-refractivity contribution in [2.24, 2.45) is 0 Å². The van der Waals surface area contributed by atoms with Crippen molar-refractivity contribution in [1.82, 2.24) is 14.9 Å². The fourth-order valence-corrected chi connectivity index (χ4v) is 4.70. The summed E-state index contributed by atoms with van der Waals surface area (Å²) in [6.45, 7) is 1.92. The van der Waals surface area contributed by atoms with E-state index in [4.69, 9.17) is 9.47 Å². The summed E-state index contributed by atoms with van der Waals surface area (Å²) in [7, 11) is 1.70. The van der Waals surface area contributed by atoms with E-state index in [1.54, 1.807) is 19.5 Å². The lowest BCUT2D eigenvalue weighted by molar-refractivity contribution is -0.0946. The Kier molecular flexibility index (Phi) is 5.49. The highest BCUT2D eigenvalue weighted by molar-refractivity contribution is 5.93. The van der Waals surface area contributed by atoms with E-state index >= 15 is 0 Å². The zero-order valence-corrected chi connectivity index (χ0v) is 18.1. The zero-order chi connectivity index (χ0) is 22.0. The van der Waals surface area contributed by atoms with Gasteiger partial charge in [-0.05, 0) is 43.0 Å². The average molecular weight is 431 g/mol. The third-order valence-electron chi connectivity index (χ3n) is 6.32. The van der Waals surface area contributed by atoms with Crippen molar-refractivity contribution in [3.8, 4) is 5.75 Å². The Morgan fingerprint density at radius 1 is 1.06 bits per heavy atom. The van der Waals surface area contributed by atoms with Crippen LogP contribution in [0.4, 0.5) is 11.6 Å². The summed E-state index contributed by atoms with van der Waals surface area (Å²) in [4.78, 5) is 23.6. The normalized spacial score (nSPS) is 17.0. The molecule has 164 valence electrons. The number of amides is 1. The number of carbonyl (C=O) groups excluding carboxylic acids is 1. The molecule has 3 heterocycles. The quantitative estimate of drug-likeness (QED) is 0.676. The Balaban J connectivity index is 1.28. The zero-order valence-electron chi connectivity index (χ0n) is 18.1. The number of anilines is 2. The van der Waals surface area contributed by atoms with E-state index in [1.165, 1.54) is 5.56 Å². The van der Waals surface area contributed by atoms with Crippen molar-refractivity contribution in [3.63, 3.8) is 0 Å². The minimum Gasteiger partial charge on any atom is -0.496 e.